The minimum Gasteiger partial charge on any atom is -0.388 e. The monoisotopic (exact) mass is 333 g/mol. The molecule has 130 valence electrons. The summed E-state index contributed by atoms with van der Waals surface area (Å²) in [6.45, 7) is 5.96. The topological polar surface area (TPSA) is 95.6 Å². The van der Waals surface area contributed by atoms with Gasteiger partial charge in [0, 0.05) is 28.8 Å². The molecule has 1 unspecified atom stereocenters. The van der Waals surface area contributed by atoms with Gasteiger partial charge in [0.15, 0.2) is 5.79 Å². The molecular weight excluding hydrogens is 310 g/mol. The molecule has 2 atom stereocenters. The van der Waals surface area contributed by atoms with Crippen molar-refractivity contribution >= 4 is 22.6 Å². The molecule has 24 heavy (non-hydrogen) atoms. The molecule has 3 rings (SSSR count). The second-order valence-corrected chi connectivity index (χ2v) is 6.52. The van der Waals surface area contributed by atoms with Crippen molar-refractivity contribution in [1.29, 1.82) is 0 Å². The number of fused-ring (bicyclic) bond motifs is 1. The molecule has 1 aromatic carbocycles. The van der Waals surface area contributed by atoms with E-state index in [-0.39, 0.29) is 12.6 Å². The van der Waals surface area contributed by atoms with Crippen molar-refractivity contribution < 1.29 is 19.4 Å². The van der Waals surface area contributed by atoms with Crippen molar-refractivity contribution in [2.24, 2.45) is 0 Å². The Bertz CT molecular complexity index is 741. The van der Waals surface area contributed by atoms with Gasteiger partial charge in [-0.15, -0.1) is 0 Å². The Morgan fingerprint density at radius 2 is 2.25 bits per heavy atom. The highest BCUT2D eigenvalue weighted by Gasteiger charge is 2.36. The number of anilines is 1. The van der Waals surface area contributed by atoms with Crippen LogP contribution in [0.4, 0.5) is 10.5 Å². The zero-order valence-electron chi connectivity index (χ0n) is 14.1. The molecule has 2 aromatic rings. The van der Waals surface area contributed by atoms with Crippen LogP contribution >= 0.6 is 0 Å². The van der Waals surface area contributed by atoms with Gasteiger partial charge in [0.1, 0.15) is 6.10 Å². The average molecular weight is 333 g/mol. The largest absolute Gasteiger partial charge is 0.388 e. The molecule has 1 fully saturated rings. The van der Waals surface area contributed by atoms with E-state index >= 15 is 0 Å². The second-order valence-electron chi connectivity index (χ2n) is 6.52. The standard InChI is InChI=1S/C17H23N3O4/c1-10-6-11-7-12(4-5-13(11)19-10)20-16(22)18-8-14(21)15-9-23-17(2,3)24-15/h4-7,14-15,19,21H,8-9H2,1-3H3,(H2,18,20,22)/t14?,15-/m1/s1. The van der Waals surface area contributed by atoms with E-state index in [9.17, 15) is 9.90 Å². The summed E-state index contributed by atoms with van der Waals surface area (Å²) in [5.41, 5.74) is 2.78. The number of carbonyl (C=O) groups is 1. The van der Waals surface area contributed by atoms with Gasteiger partial charge in [-0.3, -0.25) is 0 Å². The third kappa shape index (κ3) is 3.87. The lowest BCUT2D eigenvalue weighted by Gasteiger charge is -2.20. The fraction of sp³-hybridized carbons (Fsp3) is 0.471. The van der Waals surface area contributed by atoms with E-state index in [1.54, 1.807) is 13.8 Å². The number of aromatic amines is 1. The summed E-state index contributed by atoms with van der Waals surface area (Å²) < 4.78 is 11.0. The summed E-state index contributed by atoms with van der Waals surface area (Å²) in [4.78, 5) is 15.2. The number of nitrogens with one attached hydrogen (secondary N) is 3. The number of hydrogen-bond donors (Lipinski definition) is 4. The molecule has 0 spiro atoms. The molecule has 7 nitrogen and oxygen atoms in total. The van der Waals surface area contributed by atoms with E-state index in [2.05, 4.69) is 15.6 Å². The molecular formula is C17H23N3O4. The van der Waals surface area contributed by atoms with Gasteiger partial charge >= 0.3 is 6.03 Å². The van der Waals surface area contributed by atoms with Crippen molar-refractivity contribution in [1.82, 2.24) is 10.3 Å². The summed E-state index contributed by atoms with van der Waals surface area (Å²) in [6.07, 6.45) is -1.27. The van der Waals surface area contributed by atoms with Gasteiger partial charge < -0.3 is 30.2 Å². The van der Waals surface area contributed by atoms with E-state index in [1.165, 1.54) is 0 Å². The number of aromatic nitrogens is 1. The number of rotatable bonds is 4. The highest BCUT2D eigenvalue weighted by atomic mass is 16.7. The maximum atomic E-state index is 12.0. The molecule has 0 aliphatic carbocycles. The molecule has 1 aliphatic heterocycles. The fourth-order valence-corrected chi connectivity index (χ4v) is 2.76. The van der Waals surface area contributed by atoms with Crippen LogP contribution in [0.25, 0.3) is 10.9 Å². The molecule has 0 radical (unpaired) electrons. The third-order valence-electron chi connectivity index (χ3n) is 3.94. The number of aryl methyl sites for hydroxylation is 1. The molecule has 0 bridgehead atoms. The van der Waals surface area contributed by atoms with Crippen LogP contribution in [-0.2, 0) is 9.47 Å². The summed E-state index contributed by atoms with van der Waals surface area (Å²) in [6, 6.07) is 7.27. The number of amides is 2. The Morgan fingerprint density at radius 3 is 2.96 bits per heavy atom. The van der Waals surface area contributed by atoms with Gasteiger partial charge in [-0.25, -0.2) is 4.79 Å². The lowest BCUT2D eigenvalue weighted by molar-refractivity contribution is -0.150. The molecule has 4 N–H and O–H groups in total. The van der Waals surface area contributed by atoms with Gasteiger partial charge in [0.2, 0.25) is 0 Å². The van der Waals surface area contributed by atoms with E-state index < -0.39 is 18.0 Å². The number of aliphatic hydroxyl groups is 1. The van der Waals surface area contributed by atoms with Crippen molar-refractivity contribution in [2.45, 2.75) is 38.8 Å². The highest BCUT2D eigenvalue weighted by Crippen LogP contribution is 2.24. The predicted octanol–water partition coefficient (Wildman–Crippen LogP) is 2.11. The van der Waals surface area contributed by atoms with E-state index in [0.29, 0.717) is 12.3 Å². The normalized spacial score (nSPS) is 20.9. The first kappa shape index (κ1) is 16.8. The Labute approximate surface area is 140 Å². The van der Waals surface area contributed by atoms with Crippen LogP contribution in [0.1, 0.15) is 19.5 Å². The van der Waals surface area contributed by atoms with Crippen LogP contribution < -0.4 is 10.6 Å². The summed E-state index contributed by atoms with van der Waals surface area (Å²) in [5.74, 6) is -0.696. The minimum atomic E-state index is -0.827. The molecule has 2 amide bonds. The van der Waals surface area contributed by atoms with Gasteiger partial charge in [-0.2, -0.15) is 0 Å². The first-order valence-corrected chi connectivity index (χ1v) is 7.96. The third-order valence-corrected chi connectivity index (χ3v) is 3.94. The number of H-pyrrole nitrogens is 1. The Hall–Kier alpha value is -2.09. The van der Waals surface area contributed by atoms with Crippen molar-refractivity contribution in [3.63, 3.8) is 0 Å². The molecule has 1 aromatic heterocycles. The van der Waals surface area contributed by atoms with E-state index in [1.807, 2.05) is 31.2 Å². The van der Waals surface area contributed by atoms with Crippen LogP contribution in [0.3, 0.4) is 0 Å². The SMILES string of the molecule is Cc1cc2cc(NC(=O)NCC(O)[C@H]3COC(C)(C)O3)ccc2[nH]1. The van der Waals surface area contributed by atoms with Crippen molar-refractivity contribution in [3.05, 3.63) is 30.0 Å². The maximum Gasteiger partial charge on any atom is 0.319 e. The van der Waals surface area contributed by atoms with Crippen LogP contribution in [0, 0.1) is 6.92 Å². The van der Waals surface area contributed by atoms with E-state index in [4.69, 9.17) is 9.47 Å². The van der Waals surface area contributed by atoms with Crippen LogP contribution in [-0.4, -0.2) is 47.3 Å². The number of aliphatic hydroxyl groups excluding tert-OH is 1. The summed E-state index contributed by atoms with van der Waals surface area (Å²) >= 11 is 0. The quantitative estimate of drug-likeness (QED) is 0.689. The first-order valence-electron chi connectivity index (χ1n) is 7.96. The number of urea groups is 1. The highest BCUT2D eigenvalue weighted by molar-refractivity contribution is 5.93. The van der Waals surface area contributed by atoms with Gasteiger partial charge in [0.05, 0.1) is 12.7 Å². The van der Waals surface area contributed by atoms with Crippen molar-refractivity contribution in [2.75, 3.05) is 18.5 Å². The second kappa shape index (κ2) is 6.43. The zero-order chi connectivity index (χ0) is 17.3. The minimum absolute atomic E-state index is 0.0848. The lowest BCUT2D eigenvalue weighted by Crippen LogP contribution is -2.42. The number of carbonyl (C=O) groups excluding carboxylic acids is 1. The summed E-state index contributed by atoms with van der Waals surface area (Å²) in [7, 11) is 0. The Kier molecular flexibility index (Phi) is 4.49. The predicted molar refractivity (Wildman–Crippen MR) is 91.0 cm³/mol. The van der Waals surface area contributed by atoms with Gasteiger partial charge in [-0.05, 0) is 45.0 Å². The molecule has 2 heterocycles. The zero-order valence-corrected chi connectivity index (χ0v) is 14.1. The van der Waals surface area contributed by atoms with Crippen LogP contribution in [0.2, 0.25) is 0 Å². The number of ether oxygens (including phenoxy) is 2. The average Bonchev–Trinajstić information content (AvgIpc) is 3.05. The van der Waals surface area contributed by atoms with Crippen molar-refractivity contribution in [3.8, 4) is 0 Å². The Balaban J connectivity index is 1.51. The number of benzene rings is 1. The number of hydrogen-bond acceptors (Lipinski definition) is 4. The van der Waals surface area contributed by atoms with Gasteiger partial charge in [0.25, 0.3) is 0 Å². The molecule has 0 saturated carbocycles. The molecule has 1 saturated heterocycles. The summed E-state index contributed by atoms with van der Waals surface area (Å²) in [5, 5.41) is 16.5. The van der Waals surface area contributed by atoms with E-state index in [0.717, 1.165) is 16.6 Å². The first-order chi connectivity index (χ1) is 11.3. The van der Waals surface area contributed by atoms with Gasteiger partial charge in [-0.1, -0.05) is 0 Å². The Morgan fingerprint density at radius 1 is 1.46 bits per heavy atom. The van der Waals surface area contributed by atoms with Crippen LogP contribution in [0.15, 0.2) is 24.3 Å². The fourth-order valence-electron chi connectivity index (χ4n) is 2.76. The molecule has 1 aliphatic rings. The maximum absolute atomic E-state index is 12.0. The molecule has 7 heteroatoms. The smallest absolute Gasteiger partial charge is 0.319 e. The van der Waals surface area contributed by atoms with Crippen LogP contribution in [0.5, 0.6) is 0 Å². The lowest BCUT2D eigenvalue weighted by atomic mass is 10.2.